The molecule has 2 heterocycles. The van der Waals surface area contributed by atoms with E-state index in [4.69, 9.17) is 4.74 Å². The van der Waals surface area contributed by atoms with Crippen LogP contribution in [-0.2, 0) is 9.59 Å². The monoisotopic (exact) mass is 383 g/mol. The van der Waals surface area contributed by atoms with Crippen LogP contribution in [-0.4, -0.2) is 34.8 Å². The van der Waals surface area contributed by atoms with Crippen molar-refractivity contribution in [3.63, 3.8) is 0 Å². The number of Topliss-reactive ketones (excluding diaryl/α,β-unsaturated/α-hetero) is 1. The molecule has 0 bridgehead atoms. The van der Waals surface area contributed by atoms with Crippen LogP contribution in [0.15, 0.2) is 47.4 Å². The molecule has 1 atom stereocenters. The molecular weight excluding hydrogens is 362 g/mol. The summed E-state index contributed by atoms with van der Waals surface area (Å²) in [6, 6.07) is 10.2. The Kier molecular flexibility index (Phi) is 4.74. The van der Waals surface area contributed by atoms with Crippen molar-refractivity contribution >= 4 is 28.8 Å². The van der Waals surface area contributed by atoms with Crippen LogP contribution in [0.5, 0.6) is 5.75 Å². The summed E-state index contributed by atoms with van der Waals surface area (Å²) in [5.74, 6) is -0.687. The van der Waals surface area contributed by atoms with Gasteiger partial charge >= 0.3 is 0 Å². The highest BCUT2D eigenvalue weighted by atomic mass is 32.1. The SMILES string of the molecule is COc1cccc(/C(O)=C2/C(=O)C(=O)N(C3CCCC3)C2c2cccs2)c1. The molecule has 1 aliphatic carbocycles. The zero-order valence-corrected chi connectivity index (χ0v) is 15.9. The fraction of sp³-hybridized carbons (Fsp3) is 0.333. The molecule has 4 rings (SSSR count). The molecule has 1 aromatic carbocycles. The van der Waals surface area contributed by atoms with E-state index in [9.17, 15) is 14.7 Å². The molecule has 1 N–H and O–H groups in total. The van der Waals surface area contributed by atoms with Crippen molar-refractivity contribution in [1.29, 1.82) is 0 Å². The molecule has 1 amide bonds. The number of thiophene rings is 1. The maximum atomic E-state index is 12.9. The van der Waals surface area contributed by atoms with E-state index in [1.165, 1.54) is 11.3 Å². The Morgan fingerprint density at radius 3 is 2.63 bits per heavy atom. The lowest BCUT2D eigenvalue weighted by Crippen LogP contribution is -2.37. The zero-order chi connectivity index (χ0) is 19.0. The van der Waals surface area contributed by atoms with E-state index in [0.29, 0.717) is 11.3 Å². The van der Waals surface area contributed by atoms with Crippen LogP contribution in [0.3, 0.4) is 0 Å². The van der Waals surface area contributed by atoms with Crippen LogP contribution in [0.4, 0.5) is 0 Å². The van der Waals surface area contributed by atoms with Gasteiger partial charge in [-0.2, -0.15) is 0 Å². The van der Waals surface area contributed by atoms with E-state index in [2.05, 4.69) is 0 Å². The number of benzene rings is 1. The van der Waals surface area contributed by atoms with E-state index in [-0.39, 0.29) is 17.4 Å². The van der Waals surface area contributed by atoms with Gasteiger partial charge in [-0.05, 0) is 36.4 Å². The van der Waals surface area contributed by atoms with Gasteiger partial charge in [0.05, 0.1) is 18.7 Å². The minimum absolute atomic E-state index is 0.0455. The van der Waals surface area contributed by atoms with Crippen molar-refractivity contribution in [3.05, 3.63) is 57.8 Å². The van der Waals surface area contributed by atoms with Gasteiger partial charge in [0.2, 0.25) is 0 Å². The van der Waals surface area contributed by atoms with E-state index in [1.807, 2.05) is 17.5 Å². The van der Waals surface area contributed by atoms with Gasteiger partial charge in [-0.3, -0.25) is 9.59 Å². The standard InChI is InChI=1S/C21H21NO4S/c1-26-15-9-4-6-13(12-15)19(23)17-18(16-10-5-11-27-16)22(21(25)20(17)24)14-7-2-3-8-14/h4-6,9-12,14,18,23H,2-3,7-8H2,1H3/b19-17-. The Hall–Kier alpha value is -2.60. The molecule has 6 heteroatoms. The van der Waals surface area contributed by atoms with Crippen molar-refractivity contribution < 1.29 is 19.4 Å². The first-order valence-corrected chi connectivity index (χ1v) is 9.97. The molecule has 1 aromatic heterocycles. The van der Waals surface area contributed by atoms with Gasteiger partial charge in [-0.1, -0.05) is 31.0 Å². The van der Waals surface area contributed by atoms with Gasteiger partial charge in [0.1, 0.15) is 11.5 Å². The quantitative estimate of drug-likeness (QED) is 0.490. The third kappa shape index (κ3) is 3.04. The highest BCUT2D eigenvalue weighted by Crippen LogP contribution is 2.44. The van der Waals surface area contributed by atoms with E-state index in [1.54, 1.807) is 36.3 Å². The van der Waals surface area contributed by atoms with Gasteiger partial charge in [-0.25, -0.2) is 0 Å². The molecule has 2 fully saturated rings. The van der Waals surface area contributed by atoms with Crippen molar-refractivity contribution in [2.24, 2.45) is 0 Å². The average molecular weight is 383 g/mol. The van der Waals surface area contributed by atoms with Crippen molar-refractivity contribution in [1.82, 2.24) is 4.90 Å². The Morgan fingerprint density at radius 2 is 1.96 bits per heavy atom. The van der Waals surface area contributed by atoms with Crippen molar-refractivity contribution in [3.8, 4) is 5.75 Å². The molecule has 5 nitrogen and oxygen atoms in total. The molecule has 2 aliphatic rings. The van der Waals surface area contributed by atoms with Crippen LogP contribution in [0.25, 0.3) is 5.76 Å². The predicted octanol–water partition coefficient (Wildman–Crippen LogP) is 4.12. The summed E-state index contributed by atoms with van der Waals surface area (Å²) in [7, 11) is 1.55. The highest BCUT2D eigenvalue weighted by molar-refractivity contribution is 7.10. The number of aliphatic hydroxyl groups excluding tert-OH is 1. The number of hydrogen-bond donors (Lipinski definition) is 1. The third-order valence-corrected chi connectivity index (χ3v) is 6.28. The Balaban J connectivity index is 1.86. The first kappa shape index (κ1) is 17.8. The topological polar surface area (TPSA) is 66.8 Å². The number of likely N-dealkylation sites (tertiary alicyclic amines) is 1. The minimum Gasteiger partial charge on any atom is -0.507 e. The van der Waals surface area contributed by atoms with Gasteiger partial charge in [-0.15, -0.1) is 11.3 Å². The molecular formula is C21H21NO4S. The molecule has 140 valence electrons. The van der Waals surface area contributed by atoms with Crippen LogP contribution >= 0.6 is 11.3 Å². The summed E-state index contributed by atoms with van der Waals surface area (Å²) >= 11 is 1.49. The summed E-state index contributed by atoms with van der Waals surface area (Å²) in [6.45, 7) is 0. The van der Waals surface area contributed by atoms with Gasteiger partial charge in [0, 0.05) is 16.5 Å². The number of methoxy groups -OCH3 is 1. The number of hydrogen-bond acceptors (Lipinski definition) is 5. The molecule has 1 saturated heterocycles. The first-order valence-electron chi connectivity index (χ1n) is 9.09. The normalized spacial score (nSPS) is 22.6. The van der Waals surface area contributed by atoms with Crippen LogP contribution < -0.4 is 4.74 Å². The Bertz CT molecular complexity index is 897. The van der Waals surface area contributed by atoms with Gasteiger partial charge in [0.25, 0.3) is 11.7 Å². The second-order valence-corrected chi connectivity index (χ2v) is 7.87. The number of aliphatic hydroxyl groups is 1. The van der Waals surface area contributed by atoms with Crippen molar-refractivity contribution in [2.75, 3.05) is 7.11 Å². The first-order chi connectivity index (χ1) is 13.1. The molecule has 1 aliphatic heterocycles. The summed E-state index contributed by atoms with van der Waals surface area (Å²) < 4.78 is 5.22. The highest BCUT2D eigenvalue weighted by Gasteiger charge is 2.49. The number of ether oxygens (including phenoxy) is 1. The third-order valence-electron chi connectivity index (χ3n) is 5.35. The van der Waals surface area contributed by atoms with E-state index in [0.717, 1.165) is 30.6 Å². The van der Waals surface area contributed by atoms with Crippen LogP contribution in [0.1, 0.15) is 42.2 Å². The Morgan fingerprint density at radius 1 is 1.19 bits per heavy atom. The maximum Gasteiger partial charge on any atom is 0.295 e. The summed E-state index contributed by atoms with van der Waals surface area (Å²) in [5, 5.41) is 12.9. The van der Waals surface area contributed by atoms with Crippen LogP contribution in [0, 0.1) is 0 Å². The Labute approximate surface area is 161 Å². The van der Waals surface area contributed by atoms with Crippen molar-refractivity contribution in [2.45, 2.75) is 37.8 Å². The lowest BCUT2D eigenvalue weighted by atomic mass is 9.99. The second kappa shape index (κ2) is 7.19. The zero-order valence-electron chi connectivity index (χ0n) is 15.1. The van der Waals surface area contributed by atoms with Crippen LogP contribution in [0.2, 0.25) is 0 Å². The van der Waals surface area contributed by atoms with Gasteiger partial charge in [0.15, 0.2) is 0 Å². The number of ketones is 1. The number of amides is 1. The smallest absolute Gasteiger partial charge is 0.295 e. The van der Waals surface area contributed by atoms with Gasteiger partial charge < -0.3 is 14.7 Å². The second-order valence-electron chi connectivity index (χ2n) is 6.89. The molecule has 0 radical (unpaired) electrons. The van der Waals surface area contributed by atoms with E-state index >= 15 is 0 Å². The summed E-state index contributed by atoms with van der Waals surface area (Å²) in [5.41, 5.74) is 0.642. The molecule has 0 spiro atoms. The number of rotatable bonds is 4. The number of carbonyl (C=O) groups is 2. The number of carbonyl (C=O) groups excluding carboxylic acids is 2. The molecule has 1 saturated carbocycles. The fourth-order valence-electron chi connectivity index (χ4n) is 4.06. The lowest BCUT2D eigenvalue weighted by Gasteiger charge is -2.29. The fourth-order valence-corrected chi connectivity index (χ4v) is 4.89. The molecule has 2 aromatic rings. The average Bonchev–Trinajstić information content (AvgIpc) is 3.43. The summed E-state index contributed by atoms with van der Waals surface area (Å²) in [4.78, 5) is 28.4. The minimum atomic E-state index is -0.611. The largest absolute Gasteiger partial charge is 0.507 e. The van der Waals surface area contributed by atoms with E-state index < -0.39 is 17.7 Å². The lowest BCUT2D eigenvalue weighted by molar-refractivity contribution is -0.141. The number of nitrogens with zero attached hydrogens (tertiary/aromatic N) is 1. The maximum absolute atomic E-state index is 12.9. The predicted molar refractivity (Wildman–Crippen MR) is 104 cm³/mol. The summed E-state index contributed by atoms with van der Waals surface area (Å²) in [6.07, 6.45) is 3.91. The molecule has 27 heavy (non-hydrogen) atoms. The molecule has 1 unspecified atom stereocenters.